The second-order valence-corrected chi connectivity index (χ2v) is 2.54. The average Bonchev–Trinajstić information content (AvgIpc) is 2.08. The first-order chi connectivity index (χ1) is 6.06. The molecule has 1 rings (SSSR count). The maximum absolute atomic E-state index is 12.5. The van der Waals surface area contributed by atoms with E-state index in [0.717, 1.165) is 6.07 Å². The van der Waals surface area contributed by atoms with Gasteiger partial charge in [0.15, 0.2) is 5.69 Å². The van der Waals surface area contributed by atoms with Gasteiger partial charge in [0.25, 0.3) is 6.43 Å². The summed E-state index contributed by atoms with van der Waals surface area (Å²) in [5.41, 5.74) is -1.07. The molecule has 0 aromatic carbocycles. The molecule has 0 bridgehead atoms. The maximum Gasteiger partial charge on any atom is 0.284 e. The molecule has 0 aliphatic carbocycles. The minimum atomic E-state index is -3.02. The Kier molecular flexibility index (Phi) is 2.98. The smallest absolute Gasteiger partial charge is 0.284 e. The molecule has 1 N–H and O–H groups in total. The van der Waals surface area contributed by atoms with Crippen molar-refractivity contribution in [1.29, 1.82) is 0 Å². The number of halogens is 4. The third-order valence-corrected chi connectivity index (χ3v) is 1.71. The highest BCUT2D eigenvalue weighted by Crippen LogP contribution is 2.30. The van der Waals surface area contributed by atoms with Crippen molar-refractivity contribution in [2.24, 2.45) is 0 Å². The van der Waals surface area contributed by atoms with Gasteiger partial charge in [0.1, 0.15) is 5.75 Å². The Morgan fingerprint density at radius 2 is 2.15 bits per heavy atom. The van der Waals surface area contributed by atoms with Crippen molar-refractivity contribution in [2.75, 3.05) is 0 Å². The van der Waals surface area contributed by atoms with Crippen LogP contribution in [0.25, 0.3) is 0 Å². The summed E-state index contributed by atoms with van der Waals surface area (Å²) in [7, 11) is 0. The number of nitrogens with zero attached hydrogens (tertiary/aromatic N) is 1. The van der Waals surface area contributed by atoms with Crippen LogP contribution in [0.4, 0.5) is 13.2 Å². The molecular weight excluding hydrogens is 207 g/mol. The fourth-order valence-corrected chi connectivity index (χ4v) is 1.03. The fraction of sp³-hybridized carbons (Fsp3) is 0.286. The summed E-state index contributed by atoms with van der Waals surface area (Å²) >= 11 is 5.28. The first-order valence-electron chi connectivity index (χ1n) is 3.28. The summed E-state index contributed by atoms with van der Waals surface area (Å²) in [4.78, 5) is 2.86. The summed E-state index contributed by atoms with van der Waals surface area (Å²) in [6, 6.07) is 0.814. The van der Waals surface area contributed by atoms with Gasteiger partial charge in [0.2, 0.25) is 5.95 Å². The molecule has 0 atom stereocenters. The second kappa shape index (κ2) is 3.83. The van der Waals surface area contributed by atoms with Gasteiger partial charge in [-0.1, -0.05) is 0 Å². The zero-order chi connectivity index (χ0) is 10.0. The Morgan fingerprint density at radius 3 is 2.62 bits per heavy atom. The lowest BCUT2D eigenvalue weighted by Gasteiger charge is -2.05. The topological polar surface area (TPSA) is 33.1 Å². The predicted octanol–water partition coefficient (Wildman–Crippen LogP) is 2.60. The average molecular weight is 212 g/mol. The van der Waals surface area contributed by atoms with Gasteiger partial charge in [-0.3, -0.25) is 0 Å². The van der Waals surface area contributed by atoms with Gasteiger partial charge < -0.3 is 5.11 Å². The van der Waals surface area contributed by atoms with Gasteiger partial charge in [0, 0.05) is 11.6 Å². The molecule has 1 aromatic heterocycles. The number of rotatable bonds is 2. The molecule has 0 fully saturated rings. The van der Waals surface area contributed by atoms with Crippen molar-refractivity contribution in [3.8, 4) is 5.75 Å². The van der Waals surface area contributed by atoms with Crippen LogP contribution in [-0.2, 0) is 5.88 Å². The number of pyridine rings is 1. The van der Waals surface area contributed by atoms with Crippen molar-refractivity contribution >= 4 is 11.6 Å². The van der Waals surface area contributed by atoms with Crippen LogP contribution in [-0.4, -0.2) is 10.1 Å². The van der Waals surface area contributed by atoms with Crippen molar-refractivity contribution in [2.45, 2.75) is 12.3 Å². The first kappa shape index (κ1) is 10.1. The molecule has 0 spiro atoms. The highest BCUT2D eigenvalue weighted by atomic mass is 35.5. The third-order valence-electron chi connectivity index (χ3n) is 1.42. The van der Waals surface area contributed by atoms with Crippen molar-refractivity contribution in [1.82, 2.24) is 4.98 Å². The molecule has 1 aromatic rings. The zero-order valence-corrected chi connectivity index (χ0v) is 7.02. The van der Waals surface area contributed by atoms with Gasteiger partial charge in [-0.05, 0) is 0 Å². The van der Waals surface area contributed by atoms with Gasteiger partial charge in [-0.25, -0.2) is 13.8 Å². The van der Waals surface area contributed by atoms with E-state index in [1.807, 2.05) is 0 Å². The largest absolute Gasteiger partial charge is 0.505 e. The maximum atomic E-state index is 12.5. The van der Waals surface area contributed by atoms with Gasteiger partial charge in [-0.2, -0.15) is 4.39 Å². The van der Waals surface area contributed by atoms with Crippen molar-refractivity contribution in [3.05, 3.63) is 23.3 Å². The SMILES string of the molecule is Oc1c(CCl)cc(F)nc1C(F)F. The molecule has 0 saturated heterocycles. The first-order valence-corrected chi connectivity index (χ1v) is 3.82. The number of aromatic hydroxyl groups is 1. The molecule has 13 heavy (non-hydrogen) atoms. The zero-order valence-electron chi connectivity index (χ0n) is 6.27. The molecule has 1 heterocycles. The molecule has 0 unspecified atom stereocenters. The molecule has 0 amide bonds. The minimum Gasteiger partial charge on any atom is -0.505 e. The van der Waals surface area contributed by atoms with Crippen LogP contribution in [0.15, 0.2) is 6.07 Å². The third kappa shape index (κ3) is 2.03. The van der Waals surface area contributed by atoms with E-state index in [9.17, 15) is 13.2 Å². The van der Waals surface area contributed by atoms with Gasteiger partial charge in [0.05, 0.1) is 5.88 Å². The Balaban J connectivity index is 3.27. The van der Waals surface area contributed by atoms with Gasteiger partial charge >= 0.3 is 0 Å². The molecular formula is C7H5ClF3NO. The predicted molar refractivity (Wildman–Crippen MR) is 40.4 cm³/mol. The monoisotopic (exact) mass is 211 g/mol. The van der Waals surface area contributed by atoms with E-state index in [1.165, 1.54) is 0 Å². The van der Waals surface area contributed by atoms with Crippen LogP contribution in [0.2, 0.25) is 0 Å². The highest BCUT2D eigenvalue weighted by Gasteiger charge is 2.18. The Bertz CT molecular complexity index is 319. The lowest BCUT2D eigenvalue weighted by atomic mass is 10.2. The number of hydrogen-bond acceptors (Lipinski definition) is 2. The van der Waals surface area contributed by atoms with Crippen LogP contribution in [0, 0.1) is 5.95 Å². The Hall–Kier alpha value is -0.970. The lowest BCUT2D eigenvalue weighted by molar-refractivity contribution is 0.140. The summed E-state index contributed by atoms with van der Waals surface area (Å²) in [6.07, 6.45) is -3.02. The van der Waals surface area contributed by atoms with Crippen LogP contribution < -0.4 is 0 Å². The number of hydrogen-bond donors (Lipinski definition) is 1. The molecule has 6 heteroatoms. The Morgan fingerprint density at radius 1 is 1.54 bits per heavy atom. The van der Waals surface area contributed by atoms with E-state index in [1.54, 1.807) is 0 Å². The standard InChI is InChI=1S/C7H5ClF3NO/c8-2-3-1-4(9)12-5(6(3)13)7(10)11/h1,7,13H,2H2. The van der Waals surface area contributed by atoms with Crippen LogP contribution in [0.5, 0.6) is 5.75 Å². The molecule has 0 aliphatic heterocycles. The van der Waals surface area contributed by atoms with Gasteiger partial charge in [-0.15, -0.1) is 11.6 Å². The van der Waals surface area contributed by atoms with Crippen molar-refractivity contribution < 1.29 is 18.3 Å². The fourth-order valence-electron chi connectivity index (χ4n) is 0.831. The molecule has 0 radical (unpaired) electrons. The minimum absolute atomic E-state index is 0.0931. The summed E-state index contributed by atoms with van der Waals surface area (Å²) in [5, 5.41) is 9.09. The summed E-state index contributed by atoms with van der Waals surface area (Å²) < 4.78 is 36.7. The summed E-state index contributed by atoms with van der Waals surface area (Å²) in [5.74, 6) is -2.07. The lowest BCUT2D eigenvalue weighted by Crippen LogP contribution is -1.97. The molecule has 2 nitrogen and oxygen atoms in total. The van der Waals surface area contributed by atoms with E-state index in [0.29, 0.717) is 0 Å². The van der Waals surface area contributed by atoms with E-state index in [-0.39, 0.29) is 11.4 Å². The summed E-state index contributed by atoms with van der Waals surface area (Å²) in [6.45, 7) is 0. The van der Waals surface area contributed by atoms with E-state index in [4.69, 9.17) is 16.7 Å². The second-order valence-electron chi connectivity index (χ2n) is 2.27. The number of alkyl halides is 3. The van der Waals surface area contributed by atoms with Crippen LogP contribution >= 0.6 is 11.6 Å². The van der Waals surface area contributed by atoms with Crippen LogP contribution in [0.1, 0.15) is 17.7 Å². The van der Waals surface area contributed by atoms with E-state index >= 15 is 0 Å². The highest BCUT2D eigenvalue weighted by molar-refractivity contribution is 6.17. The van der Waals surface area contributed by atoms with E-state index < -0.39 is 23.8 Å². The Labute approximate surface area is 77.0 Å². The quantitative estimate of drug-likeness (QED) is 0.603. The molecule has 72 valence electrons. The molecule has 0 saturated carbocycles. The number of aromatic nitrogens is 1. The van der Waals surface area contributed by atoms with Crippen molar-refractivity contribution in [3.63, 3.8) is 0 Å². The normalized spacial score (nSPS) is 10.8. The van der Waals surface area contributed by atoms with Crippen LogP contribution in [0.3, 0.4) is 0 Å². The molecule has 0 aliphatic rings. The van der Waals surface area contributed by atoms with E-state index in [2.05, 4.69) is 4.98 Å².